The lowest BCUT2D eigenvalue weighted by molar-refractivity contribution is 0.180. The molecule has 1 aliphatic heterocycles. The van der Waals surface area contributed by atoms with Crippen LogP contribution in [0.25, 0.3) is 0 Å². The monoisotopic (exact) mass is 199 g/mol. The van der Waals surface area contributed by atoms with Gasteiger partial charge in [-0.2, -0.15) is 0 Å². The maximum absolute atomic E-state index is 11.6. The molecule has 14 heavy (non-hydrogen) atoms. The molecule has 1 aliphatic rings. The fourth-order valence-corrected chi connectivity index (χ4v) is 1.87. The first-order valence-corrected chi connectivity index (χ1v) is 5.26. The van der Waals surface area contributed by atoms with Crippen molar-refractivity contribution in [1.29, 1.82) is 0 Å². The van der Waals surface area contributed by atoms with Gasteiger partial charge in [0.2, 0.25) is 0 Å². The van der Waals surface area contributed by atoms with E-state index in [0.29, 0.717) is 5.92 Å². The second kappa shape index (κ2) is 5.20. The SMILES string of the molecule is CNCCC1CCN(C(=O)N(C)C)C1. The first-order valence-electron chi connectivity index (χ1n) is 5.26. The highest BCUT2D eigenvalue weighted by Gasteiger charge is 2.26. The number of carbonyl (C=O) groups excluding carboxylic acids is 1. The third kappa shape index (κ3) is 2.87. The molecule has 0 spiro atoms. The lowest BCUT2D eigenvalue weighted by Gasteiger charge is -2.21. The van der Waals surface area contributed by atoms with Crippen molar-refractivity contribution in [2.75, 3.05) is 40.8 Å². The van der Waals surface area contributed by atoms with Crippen LogP contribution in [0.1, 0.15) is 12.8 Å². The third-order valence-electron chi connectivity index (χ3n) is 2.74. The molecule has 1 atom stereocenters. The number of likely N-dealkylation sites (tertiary alicyclic amines) is 1. The highest BCUT2D eigenvalue weighted by atomic mass is 16.2. The maximum Gasteiger partial charge on any atom is 0.319 e. The zero-order valence-corrected chi connectivity index (χ0v) is 9.42. The highest BCUT2D eigenvalue weighted by molar-refractivity contribution is 5.74. The van der Waals surface area contributed by atoms with Crippen LogP contribution in [0.5, 0.6) is 0 Å². The van der Waals surface area contributed by atoms with Crippen LogP contribution >= 0.6 is 0 Å². The second-order valence-corrected chi connectivity index (χ2v) is 4.17. The van der Waals surface area contributed by atoms with Gasteiger partial charge in [0.1, 0.15) is 0 Å². The van der Waals surface area contributed by atoms with Crippen molar-refractivity contribution in [3.8, 4) is 0 Å². The molecule has 0 aromatic rings. The molecular formula is C10H21N3O. The Balaban J connectivity index is 2.30. The number of nitrogens with zero attached hydrogens (tertiary/aromatic N) is 2. The van der Waals surface area contributed by atoms with Crippen LogP contribution in [0, 0.1) is 5.92 Å². The molecule has 82 valence electrons. The summed E-state index contributed by atoms with van der Waals surface area (Å²) in [6.07, 6.45) is 2.33. The molecule has 2 amide bonds. The van der Waals surface area contributed by atoms with Crippen molar-refractivity contribution < 1.29 is 4.79 Å². The number of nitrogens with one attached hydrogen (secondary N) is 1. The van der Waals surface area contributed by atoms with Gasteiger partial charge < -0.3 is 15.1 Å². The Morgan fingerprint density at radius 2 is 2.29 bits per heavy atom. The molecule has 0 bridgehead atoms. The number of hydrogen-bond acceptors (Lipinski definition) is 2. The van der Waals surface area contributed by atoms with Crippen LogP contribution in [0.15, 0.2) is 0 Å². The van der Waals surface area contributed by atoms with Crippen LogP contribution < -0.4 is 5.32 Å². The summed E-state index contributed by atoms with van der Waals surface area (Å²) in [5.41, 5.74) is 0. The Morgan fingerprint density at radius 1 is 1.57 bits per heavy atom. The van der Waals surface area contributed by atoms with E-state index in [1.165, 1.54) is 6.42 Å². The molecule has 1 fully saturated rings. The standard InChI is InChI=1S/C10H21N3O/c1-11-6-4-9-5-7-13(8-9)10(14)12(2)3/h9,11H,4-8H2,1-3H3. The molecule has 4 heteroatoms. The summed E-state index contributed by atoms with van der Waals surface area (Å²) >= 11 is 0. The summed E-state index contributed by atoms with van der Waals surface area (Å²) in [5.74, 6) is 0.686. The molecule has 1 unspecified atom stereocenters. The fourth-order valence-electron chi connectivity index (χ4n) is 1.87. The molecule has 1 N–H and O–H groups in total. The smallest absolute Gasteiger partial charge is 0.319 e. The van der Waals surface area contributed by atoms with Crippen molar-refractivity contribution in [3.05, 3.63) is 0 Å². The minimum atomic E-state index is 0.150. The van der Waals surface area contributed by atoms with E-state index >= 15 is 0 Å². The van der Waals surface area contributed by atoms with E-state index in [9.17, 15) is 4.79 Å². The number of hydrogen-bond donors (Lipinski definition) is 1. The van der Waals surface area contributed by atoms with Gasteiger partial charge in [0.05, 0.1) is 0 Å². The van der Waals surface area contributed by atoms with Crippen molar-refractivity contribution >= 4 is 6.03 Å². The predicted octanol–water partition coefficient (Wildman–Crippen LogP) is 0.599. The Labute approximate surface area is 86.2 Å². The normalized spacial score (nSPS) is 21.4. The highest BCUT2D eigenvalue weighted by Crippen LogP contribution is 2.19. The number of amides is 2. The van der Waals surface area contributed by atoms with E-state index in [4.69, 9.17) is 0 Å². The van der Waals surface area contributed by atoms with Crippen molar-refractivity contribution in [2.45, 2.75) is 12.8 Å². The lowest BCUT2D eigenvalue weighted by Crippen LogP contribution is -2.37. The molecular weight excluding hydrogens is 178 g/mol. The minimum Gasteiger partial charge on any atom is -0.331 e. The minimum absolute atomic E-state index is 0.150. The third-order valence-corrected chi connectivity index (χ3v) is 2.74. The van der Waals surface area contributed by atoms with Gasteiger partial charge in [-0.05, 0) is 32.4 Å². The number of urea groups is 1. The summed E-state index contributed by atoms with van der Waals surface area (Å²) in [7, 11) is 5.59. The van der Waals surface area contributed by atoms with E-state index in [1.807, 2.05) is 26.0 Å². The predicted molar refractivity (Wildman–Crippen MR) is 57.3 cm³/mol. The number of rotatable bonds is 3. The fraction of sp³-hybridized carbons (Fsp3) is 0.900. The second-order valence-electron chi connectivity index (χ2n) is 4.17. The van der Waals surface area contributed by atoms with Crippen LogP contribution in [0.4, 0.5) is 4.79 Å². The summed E-state index contributed by atoms with van der Waals surface area (Å²) in [4.78, 5) is 15.2. The van der Waals surface area contributed by atoms with Crippen molar-refractivity contribution in [1.82, 2.24) is 15.1 Å². The molecule has 0 aromatic carbocycles. The Morgan fingerprint density at radius 3 is 2.86 bits per heavy atom. The molecule has 0 saturated carbocycles. The first kappa shape index (κ1) is 11.3. The van der Waals surface area contributed by atoms with E-state index in [0.717, 1.165) is 26.1 Å². The lowest BCUT2D eigenvalue weighted by atomic mass is 10.1. The summed E-state index contributed by atoms with van der Waals surface area (Å²) in [5, 5.41) is 3.15. The van der Waals surface area contributed by atoms with Gasteiger partial charge in [-0.25, -0.2) is 4.79 Å². The molecule has 0 aromatic heterocycles. The summed E-state index contributed by atoms with van der Waals surface area (Å²) in [6, 6.07) is 0.150. The van der Waals surface area contributed by atoms with Gasteiger partial charge in [0, 0.05) is 27.2 Å². The summed E-state index contributed by atoms with van der Waals surface area (Å²) < 4.78 is 0. The van der Waals surface area contributed by atoms with Gasteiger partial charge in [-0.15, -0.1) is 0 Å². The van der Waals surface area contributed by atoms with E-state index in [2.05, 4.69) is 5.32 Å². The van der Waals surface area contributed by atoms with Gasteiger partial charge in [0.25, 0.3) is 0 Å². The van der Waals surface area contributed by atoms with E-state index in [1.54, 1.807) is 4.90 Å². The summed E-state index contributed by atoms with van der Waals surface area (Å²) in [6.45, 7) is 2.90. The van der Waals surface area contributed by atoms with Gasteiger partial charge >= 0.3 is 6.03 Å². The zero-order valence-electron chi connectivity index (χ0n) is 9.42. The topological polar surface area (TPSA) is 35.6 Å². The van der Waals surface area contributed by atoms with Crippen LogP contribution in [0.3, 0.4) is 0 Å². The van der Waals surface area contributed by atoms with Gasteiger partial charge in [-0.3, -0.25) is 0 Å². The first-order chi connectivity index (χ1) is 6.65. The Bertz CT molecular complexity index is 194. The molecule has 0 aliphatic carbocycles. The van der Waals surface area contributed by atoms with E-state index < -0.39 is 0 Å². The van der Waals surface area contributed by atoms with Gasteiger partial charge in [0.15, 0.2) is 0 Å². The van der Waals surface area contributed by atoms with Crippen LogP contribution in [-0.2, 0) is 0 Å². The molecule has 1 rings (SSSR count). The van der Waals surface area contributed by atoms with E-state index in [-0.39, 0.29) is 6.03 Å². The quantitative estimate of drug-likeness (QED) is 0.722. The molecule has 4 nitrogen and oxygen atoms in total. The van der Waals surface area contributed by atoms with Crippen molar-refractivity contribution in [3.63, 3.8) is 0 Å². The average Bonchev–Trinajstić information content (AvgIpc) is 2.61. The molecule has 1 saturated heterocycles. The Hall–Kier alpha value is -0.770. The average molecular weight is 199 g/mol. The number of carbonyl (C=O) groups is 1. The van der Waals surface area contributed by atoms with Crippen LogP contribution in [0.2, 0.25) is 0 Å². The zero-order chi connectivity index (χ0) is 10.6. The molecule has 0 radical (unpaired) electrons. The van der Waals surface area contributed by atoms with Crippen LogP contribution in [-0.4, -0.2) is 56.6 Å². The van der Waals surface area contributed by atoms with Crippen molar-refractivity contribution in [2.24, 2.45) is 5.92 Å². The maximum atomic E-state index is 11.6. The Kier molecular flexibility index (Phi) is 4.20. The largest absolute Gasteiger partial charge is 0.331 e. The van der Waals surface area contributed by atoms with Gasteiger partial charge in [-0.1, -0.05) is 0 Å². The molecule has 1 heterocycles.